The first-order valence-corrected chi connectivity index (χ1v) is 4.62. The molecule has 2 N–H and O–H groups in total. The second kappa shape index (κ2) is 5.75. The predicted octanol–water partition coefficient (Wildman–Crippen LogP) is 1.00. The van der Waals surface area contributed by atoms with E-state index in [1.807, 2.05) is 0 Å². The Morgan fingerprint density at radius 1 is 1.62 bits per heavy atom. The highest BCUT2D eigenvalue weighted by molar-refractivity contribution is 5.86. The van der Waals surface area contributed by atoms with Crippen LogP contribution < -0.4 is 5.73 Å². The second-order valence-electron chi connectivity index (χ2n) is 3.66. The average Bonchev–Trinajstić information content (AvgIpc) is 2.11. The summed E-state index contributed by atoms with van der Waals surface area (Å²) in [5.74, 6) is 0.420. The largest absolute Gasteiger partial charge is 0.342 e. The first-order chi connectivity index (χ1) is 5.99. The molecule has 0 saturated carbocycles. The smallest absolute Gasteiger partial charge is 0.245 e. The standard InChI is InChI=1S/C10H20N2O/c1-5-10(13)12(4)7-6-9(11)8(2)3/h5,8-9H,1,6-7,11H2,2-4H3. The minimum Gasteiger partial charge on any atom is -0.342 e. The second-order valence-corrected chi connectivity index (χ2v) is 3.66. The third-order valence-corrected chi connectivity index (χ3v) is 2.20. The van der Waals surface area contributed by atoms with Gasteiger partial charge in [-0.1, -0.05) is 20.4 Å². The summed E-state index contributed by atoms with van der Waals surface area (Å²) in [5, 5.41) is 0. The minimum atomic E-state index is -0.0454. The number of nitrogens with two attached hydrogens (primary N) is 1. The molecule has 0 aliphatic rings. The maximum atomic E-state index is 11.1. The monoisotopic (exact) mass is 184 g/mol. The zero-order valence-corrected chi connectivity index (χ0v) is 8.79. The molecule has 0 aromatic heterocycles. The van der Waals surface area contributed by atoms with Gasteiger partial charge in [0.2, 0.25) is 5.91 Å². The lowest BCUT2D eigenvalue weighted by Gasteiger charge is -2.20. The highest BCUT2D eigenvalue weighted by atomic mass is 16.2. The molecular formula is C10H20N2O. The number of nitrogens with zero attached hydrogens (tertiary/aromatic N) is 1. The Kier molecular flexibility index (Phi) is 5.39. The molecule has 1 amide bonds. The van der Waals surface area contributed by atoms with E-state index in [9.17, 15) is 4.79 Å². The van der Waals surface area contributed by atoms with Crippen LogP contribution in [-0.4, -0.2) is 30.4 Å². The fraction of sp³-hybridized carbons (Fsp3) is 0.700. The normalized spacial score (nSPS) is 12.7. The van der Waals surface area contributed by atoms with Crippen molar-refractivity contribution in [1.82, 2.24) is 4.90 Å². The van der Waals surface area contributed by atoms with Gasteiger partial charge in [0.1, 0.15) is 0 Å². The van der Waals surface area contributed by atoms with Crippen LogP contribution in [0, 0.1) is 5.92 Å². The Morgan fingerprint density at radius 2 is 2.15 bits per heavy atom. The number of likely N-dealkylation sites (N-methyl/N-ethyl adjacent to an activating group) is 1. The molecule has 3 heteroatoms. The van der Waals surface area contributed by atoms with Crippen molar-refractivity contribution in [3.05, 3.63) is 12.7 Å². The van der Waals surface area contributed by atoms with Gasteiger partial charge in [-0.3, -0.25) is 4.79 Å². The summed E-state index contributed by atoms with van der Waals surface area (Å²) in [6.07, 6.45) is 2.16. The van der Waals surface area contributed by atoms with Crippen molar-refractivity contribution in [2.45, 2.75) is 26.3 Å². The number of carbonyl (C=O) groups is 1. The molecule has 1 unspecified atom stereocenters. The van der Waals surface area contributed by atoms with Crippen molar-refractivity contribution in [3.8, 4) is 0 Å². The van der Waals surface area contributed by atoms with Crippen LogP contribution in [0.2, 0.25) is 0 Å². The van der Waals surface area contributed by atoms with Gasteiger partial charge in [0.05, 0.1) is 0 Å². The van der Waals surface area contributed by atoms with Gasteiger partial charge in [-0.05, 0) is 18.4 Å². The zero-order valence-electron chi connectivity index (χ0n) is 8.79. The van der Waals surface area contributed by atoms with Crippen molar-refractivity contribution in [1.29, 1.82) is 0 Å². The lowest BCUT2D eigenvalue weighted by atomic mass is 10.0. The van der Waals surface area contributed by atoms with E-state index in [1.54, 1.807) is 11.9 Å². The van der Waals surface area contributed by atoms with E-state index in [2.05, 4.69) is 20.4 Å². The summed E-state index contributed by atoms with van der Waals surface area (Å²) >= 11 is 0. The van der Waals surface area contributed by atoms with E-state index in [4.69, 9.17) is 5.73 Å². The number of hydrogen-bond acceptors (Lipinski definition) is 2. The maximum Gasteiger partial charge on any atom is 0.245 e. The van der Waals surface area contributed by atoms with Crippen LogP contribution in [-0.2, 0) is 4.79 Å². The number of rotatable bonds is 5. The molecule has 1 atom stereocenters. The van der Waals surface area contributed by atoms with Gasteiger partial charge in [-0.25, -0.2) is 0 Å². The van der Waals surface area contributed by atoms with Gasteiger partial charge in [-0.15, -0.1) is 0 Å². The van der Waals surface area contributed by atoms with Crippen molar-refractivity contribution in [2.75, 3.05) is 13.6 Å². The van der Waals surface area contributed by atoms with Crippen molar-refractivity contribution in [2.24, 2.45) is 11.7 Å². The first-order valence-electron chi connectivity index (χ1n) is 4.62. The highest BCUT2D eigenvalue weighted by Crippen LogP contribution is 2.03. The van der Waals surface area contributed by atoms with Crippen molar-refractivity contribution >= 4 is 5.91 Å². The third-order valence-electron chi connectivity index (χ3n) is 2.20. The van der Waals surface area contributed by atoms with Gasteiger partial charge in [0.15, 0.2) is 0 Å². The number of carbonyl (C=O) groups excluding carboxylic acids is 1. The van der Waals surface area contributed by atoms with Crippen LogP contribution in [0.15, 0.2) is 12.7 Å². The quantitative estimate of drug-likeness (QED) is 0.648. The summed E-state index contributed by atoms with van der Waals surface area (Å²) in [7, 11) is 1.76. The Morgan fingerprint density at radius 3 is 2.54 bits per heavy atom. The molecule has 76 valence electrons. The van der Waals surface area contributed by atoms with Crippen LogP contribution in [0.3, 0.4) is 0 Å². The Balaban J connectivity index is 3.75. The lowest BCUT2D eigenvalue weighted by Crippen LogP contribution is -2.33. The Hall–Kier alpha value is -0.830. The molecule has 3 nitrogen and oxygen atoms in total. The van der Waals surface area contributed by atoms with Crippen LogP contribution in [0.4, 0.5) is 0 Å². The molecule has 0 heterocycles. The summed E-state index contributed by atoms with van der Waals surface area (Å²) in [6, 6.07) is 0.167. The van der Waals surface area contributed by atoms with E-state index in [1.165, 1.54) is 6.08 Å². The molecule has 13 heavy (non-hydrogen) atoms. The minimum absolute atomic E-state index is 0.0454. The number of amides is 1. The molecule has 0 aliphatic heterocycles. The van der Waals surface area contributed by atoms with E-state index in [0.29, 0.717) is 12.5 Å². The summed E-state index contributed by atoms with van der Waals surface area (Å²) in [6.45, 7) is 8.29. The molecule has 0 radical (unpaired) electrons. The SMILES string of the molecule is C=CC(=O)N(C)CCC(N)C(C)C. The van der Waals surface area contributed by atoms with Crippen molar-refractivity contribution < 1.29 is 4.79 Å². The van der Waals surface area contributed by atoms with Crippen LogP contribution >= 0.6 is 0 Å². The topological polar surface area (TPSA) is 46.3 Å². The van der Waals surface area contributed by atoms with E-state index < -0.39 is 0 Å². The zero-order chi connectivity index (χ0) is 10.4. The van der Waals surface area contributed by atoms with Crippen LogP contribution in [0.5, 0.6) is 0 Å². The third kappa shape index (κ3) is 4.68. The summed E-state index contributed by atoms with van der Waals surface area (Å²) in [4.78, 5) is 12.7. The van der Waals surface area contributed by atoms with E-state index >= 15 is 0 Å². The summed E-state index contributed by atoms with van der Waals surface area (Å²) < 4.78 is 0. The van der Waals surface area contributed by atoms with E-state index in [-0.39, 0.29) is 11.9 Å². The molecule has 0 spiro atoms. The molecular weight excluding hydrogens is 164 g/mol. The average molecular weight is 184 g/mol. The molecule has 0 saturated heterocycles. The van der Waals surface area contributed by atoms with Gasteiger partial charge in [0, 0.05) is 19.6 Å². The van der Waals surface area contributed by atoms with Gasteiger partial charge in [-0.2, -0.15) is 0 Å². The van der Waals surface area contributed by atoms with Crippen molar-refractivity contribution in [3.63, 3.8) is 0 Å². The van der Waals surface area contributed by atoms with E-state index in [0.717, 1.165) is 6.42 Å². The molecule has 0 aromatic rings. The van der Waals surface area contributed by atoms with Gasteiger partial charge in [0.25, 0.3) is 0 Å². The number of hydrogen-bond donors (Lipinski definition) is 1. The molecule has 0 fully saturated rings. The predicted molar refractivity (Wildman–Crippen MR) is 55.3 cm³/mol. The lowest BCUT2D eigenvalue weighted by molar-refractivity contribution is -0.124. The first kappa shape index (κ1) is 12.2. The van der Waals surface area contributed by atoms with Crippen LogP contribution in [0.25, 0.3) is 0 Å². The fourth-order valence-electron chi connectivity index (χ4n) is 0.942. The maximum absolute atomic E-state index is 11.1. The Bertz CT molecular complexity index is 178. The highest BCUT2D eigenvalue weighted by Gasteiger charge is 2.10. The Labute approximate surface area is 80.6 Å². The van der Waals surface area contributed by atoms with Gasteiger partial charge < -0.3 is 10.6 Å². The molecule has 0 rings (SSSR count). The molecule has 0 aromatic carbocycles. The summed E-state index contributed by atoms with van der Waals surface area (Å²) in [5.41, 5.74) is 5.84. The molecule has 0 bridgehead atoms. The van der Waals surface area contributed by atoms with Crippen LogP contribution in [0.1, 0.15) is 20.3 Å². The molecule has 0 aliphatic carbocycles. The van der Waals surface area contributed by atoms with Gasteiger partial charge >= 0.3 is 0 Å². The fourth-order valence-corrected chi connectivity index (χ4v) is 0.942.